The largest absolute Gasteiger partial charge is 0.384 e. The molecule has 1 N–H and O–H groups in total. The molecule has 1 saturated heterocycles. The Kier molecular flexibility index (Phi) is 4.92. The Bertz CT molecular complexity index is 782. The SMILES string of the molecule is COCC1(C(=O)N[C@H]2COC[C@H]2Cc2ccnc3ccccc23)CCC1. The lowest BCUT2D eigenvalue weighted by Crippen LogP contribution is -2.53. The smallest absolute Gasteiger partial charge is 0.228 e. The van der Waals surface area contributed by atoms with E-state index in [2.05, 4.69) is 22.4 Å². The fourth-order valence-corrected chi connectivity index (χ4v) is 4.21. The molecule has 1 aliphatic carbocycles. The normalized spacial score (nSPS) is 24.3. The summed E-state index contributed by atoms with van der Waals surface area (Å²) in [6.07, 6.45) is 5.68. The minimum absolute atomic E-state index is 0.0590. The molecule has 2 heterocycles. The lowest BCUT2D eigenvalue weighted by Gasteiger charge is -2.40. The molecule has 0 unspecified atom stereocenters. The van der Waals surface area contributed by atoms with Crippen molar-refractivity contribution < 1.29 is 14.3 Å². The van der Waals surface area contributed by atoms with Crippen molar-refractivity contribution in [2.45, 2.75) is 31.7 Å². The van der Waals surface area contributed by atoms with Crippen molar-refractivity contribution in [2.75, 3.05) is 26.9 Å². The first-order chi connectivity index (χ1) is 12.7. The summed E-state index contributed by atoms with van der Waals surface area (Å²) in [5, 5.41) is 4.45. The van der Waals surface area contributed by atoms with E-state index in [1.165, 1.54) is 10.9 Å². The fraction of sp³-hybridized carbons (Fsp3) is 0.524. The molecule has 2 aromatic rings. The number of hydrogen-bond acceptors (Lipinski definition) is 4. The number of amides is 1. The summed E-state index contributed by atoms with van der Waals surface area (Å²) in [5.74, 6) is 0.412. The summed E-state index contributed by atoms with van der Waals surface area (Å²) in [4.78, 5) is 17.3. The van der Waals surface area contributed by atoms with Gasteiger partial charge in [0.05, 0.1) is 36.8 Å². The van der Waals surface area contributed by atoms with Crippen molar-refractivity contribution >= 4 is 16.8 Å². The summed E-state index contributed by atoms with van der Waals surface area (Å²) in [7, 11) is 1.67. The number of rotatable bonds is 6. The average Bonchev–Trinajstić information content (AvgIpc) is 3.05. The van der Waals surface area contributed by atoms with Crippen LogP contribution in [0.5, 0.6) is 0 Å². The molecular formula is C21H26N2O3. The zero-order chi connectivity index (χ0) is 18.0. The molecule has 1 saturated carbocycles. The van der Waals surface area contributed by atoms with Gasteiger partial charge in [-0.15, -0.1) is 0 Å². The van der Waals surface area contributed by atoms with Crippen molar-refractivity contribution in [2.24, 2.45) is 11.3 Å². The monoisotopic (exact) mass is 354 g/mol. The van der Waals surface area contributed by atoms with E-state index in [0.717, 1.165) is 31.2 Å². The highest BCUT2D eigenvalue weighted by atomic mass is 16.5. The highest BCUT2D eigenvalue weighted by molar-refractivity contribution is 5.84. The van der Waals surface area contributed by atoms with Gasteiger partial charge in [-0.3, -0.25) is 9.78 Å². The van der Waals surface area contributed by atoms with E-state index in [-0.39, 0.29) is 23.3 Å². The molecule has 2 atom stereocenters. The number of para-hydroxylation sites is 1. The molecule has 0 bridgehead atoms. The number of nitrogens with zero attached hydrogens (tertiary/aromatic N) is 1. The van der Waals surface area contributed by atoms with Crippen LogP contribution in [0.25, 0.3) is 10.9 Å². The van der Waals surface area contributed by atoms with Crippen LogP contribution >= 0.6 is 0 Å². The van der Waals surface area contributed by atoms with Crippen LogP contribution in [-0.4, -0.2) is 43.9 Å². The van der Waals surface area contributed by atoms with E-state index < -0.39 is 0 Å². The van der Waals surface area contributed by atoms with Gasteiger partial charge in [0, 0.05) is 24.6 Å². The van der Waals surface area contributed by atoms with Gasteiger partial charge >= 0.3 is 0 Å². The van der Waals surface area contributed by atoms with Gasteiger partial charge in [-0.25, -0.2) is 0 Å². The Morgan fingerprint density at radius 3 is 2.92 bits per heavy atom. The quantitative estimate of drug-likeness (QED) is 0.866. The molecule has 5 heteroatoms. The molecule has 1 amide bonds. The lowest BCUT2D eigenvalue weighted by atomic mass is 9.68. The average molecular weight is 354 g/mol. The molecule has 1 aromatic heterocycles. The maximum atomic E-state index is 12.8. The summed E-state index contributed by atoms with van der Waals surface area (Å²) in [6.45, 7) is 1.77. The van der Waals surface area contributed by atoms with E-state index in [0.29, 0.717) is 19.8 Å². The van der Waals surface area contributed by atoms with Crippen molar-refractivity contribution in [1.29, 1.82) is 0 Å². The molecular weight excluding hydrogens is 328 g/mol. The van der Waals surface area contributed by atoms with Gasteiger partial charge in [0.15, 0.2) is 0 Å². The van der Waals surface area contributed by atoms with E-state index in [1.54, 1.807) is 7.11 Å². The molecule has 138 valence electrons. The predicted octanol–water partition coefficient (Wildman–Crippen LogP) is 2.73. The van der Waals surface area contributed by atoms with E-state index >= 15 is 0 Å². The number of aromatic nitrogens is 1. The number of carbonyl (C=O) groups excluding carboxylic acids is 1. The first-order valence-electron chi connectivity index (χ1n) is 9.42. The van der Waals surface area contributed by atoms with Crippen LogP contribution in [0, 0.1) is 11.3 Å². The van der Waals surface area contributed by atoms with Gasteiger partial charge in [-0.2, -0.15) is 0 Å². The first-order valence-corrected chi connectivity index (χ1v) is 9.42. The van der Waals surface area contributed by atoms with Crippen molar-refractivity contribution in [1.82, 2.24) is 10.3 Å². The number of carbonyl (C=O) groups is 1. The predicted molar refractivity (Wildman–Crippen MR) is 99.8 cm³/mol. The highest BCUT2D eigenvalue weighted by Gasteiger charge is 2.45. The van der Waals surface area contributed by atoms with Crippen molar-refractivity contribution in [3.63, 3.8) is 0 Å². The second-order valence-corrected chi connectivity index (χ2v) is 7.64. The van der Waals surface area contributed by atoms with Crippen LogP contribution in [0.3, 0.4) is 0 Å². The zero-order valence-electron chi connectivity index (χ0n) is 15.2. The maximum absolute atomic E-state index is 12.8. The van der Waals surface area contributed by atoms with Crippen LogP contribution in [-0.2, 0) is 20.7 Å². The van der Waals surface area contributed by atoms with Crippen LogP contribution in [0.2, 0.25) is 0 Å². The van der Waals surface area contributed by atoms with Crippen LogP contribution in [0.15, 0.2) is 36.5 Å². The molecule has 2 fully saturated rings. The summed E-state index contributed by atoms with van der Waals surface area (Å²) >= 11 is 0. The Morgan fingerprint density at radius 1 is 1.31 bits per heavy atom. The zero-order valence-corrected chi connectivity index (χ0v) is 15.2. The van der Waals surface area contributed by atoms with Gasteiger partial charge < -0.3 is 14.8 Å². The molecule has 1 aliphatic heterocycles. The number of nitrogens with one attached hydrogen (secondary N) is 1. The molecule has 0 radical (unpaired) electrons. The van der Waals surface area contributed by atoms with Gasteiger partial charge in [-0.1, -0.05) is 24.6 Å². The molecule has 4 rings (SSSR count). The minimum atomic E-state index is -0.328. The topological polar surface area (TPSA) is 60.5 Å². The number of benzene rings is 1. The first kappa shape index (κ1) is 17.4. The number of methoxy groups -OCH3 is 1. The Morgan fingerprint density at radius 2 is 2.15 bits per heavy atom. The second-order valence-electron chi connectivity index (χ2n) is 7.64. The highest BCUT2D eigenvalue weighted by Crippen LogP contribution is 2.41. The molecule has 2 aliphatic rings. The van der Waals surface area contributed by atoms with E-state index in [9.17, 15) is 4.79 Å². The molecule has 1 aromatic carbocycles. The fourth-order valence-electron chi connectivity index (χ4n) is 4.21. The van der Waals surface area contributed by atoms with Crippen LogP contribution in [0.1, 0.15) is 24.8 Å². The Labute approximate surface area is 154 Å². The van der Waals surface area contributed by atoms with E-state index in [1.807, 2.05) is 24.4 Å². The van der Waals surface area contributed by atoms with Crippen LogP contribution < -0.4 is 5.32 Å². The van der Waals surface area contributed by atoms with Gasteiger partial charge in [0.2, 0.25) is 5.91 Å². The number of hydrogen-bond donors (Lipinski definition) is 1. The van der Waals surface area contributed by atoms with E-state index in [4.69, 9.17) is 9.47 Å². The summed E-state index contributed by atoms with van der Waals surface area (Å²) in [6, 6.07) is 10.3. The molecule has 0 spiro atoms. The molecule has 26 heavy (non-hydrogen) atoms. The Hall–Kier alpha value is -1.98. The maximum Gasteiger partial charge on any atom is 0.228 e. The molecule has 5 nitrogen and oxygen atoms in total. The lowest BCUT2D eigenvalue weighted by molar-refractivity contribution is -0.141. The number of ether oxygens (including phenoxy) is 2. The summed E-state index contributed by atoms with van der Waals surface area (Å²) in [5.41, 5.74) is 1.95. The minimum Gasteiger partial charge on any atom is -0.384 e. The Balaban J connectivity index is 1.47. The standard InChI is InChI=1S/C21H26N2O3/c1-25-14-21(8-4-9-21)20(24)23-19-13-26-12-16(19)11-15-7-10-22-18-6-3-2-5-17(15)18/h2-3,5-7,10,16,19H,4,8-9,11-14H2,1H3,(H,23,24)/t16-,19+/m1/s1. The van der Waals surface area contributed by atoms with Gasteiger partial charge in [0.25, 0.3) is 0 Å². The van der Waals surface area contributed by atoms with Crippen molar-refractivity contribution in [3.05, 3.63) is 42.1 Å². The summed E-state index contributed by atoms with van der Waals surface area (Å²) < 4.78 is 11.0. The van der Waals surface area contributed by atoms with Crippen molar-refractivity contribution in [3.8, 4) is 0 Å². The van der Waals surface area contributed by atoms with Gasteiger partial charge in [0.1, 0.15) is 0 Å². The third-order valence-corrected chi connectivity index (χ3v) is 5.95. The third-order valence-electron chi connectivity index (χ3n) is 5.95. The number of pyridine rings is 1. The van der Waals surface area contributed by atoms with Crippen LogP contribution in [0.4, 0.5) is 0 Å². The third kappa shape index (κ3) is 3.21. The van der Waals surface area contributed by atoms with Gasteiger partial charge in [-0.05, 0) is 37.0 Å². The number of fused-ring (bicyclic) bond motifs is 1. The second kappa shape index (κ2) is 7.33.